The van der Waals surface area contributed by atoms with Crippen molar-refractivity contribution in [2.45, 2.75) is 32.8 Å². The first-order valence-electron chi connectivity index (χ1n) is 5.00. The Morgan fingerprint density at radius 2 is 1.05 bits per heavy atom. The number of carboxylic acid groups (broad SMARTS) is 4. The summed E-state index contributed by atoms with van der Waals surface area (Å²) in [5, 5.41) is 39.2. The highest BCUT2D eigenvalue weighted by molar-refractivity contribution is 6.31. The number of carbonyl (C=O) groups excluding carboxylic acids is 1. The second-order valence-corrected chi connectivity index (χ2v) is 3.16. The maximum atomic E-state index is 9.64. The van der Waals surface area contributed by atoms with Gasteiger partial charge in [0.05, 0.1) is 12.8 Å². The van der Waals surface area contributed by atoms with Crippen molar-refractivity contribution < 1.29 is 49.5 Å². The zero-order chi connectivity index (χ0) is 16.9. The molecule has 0 amide bonds. The summed E-state index contributed by atoms with van der Waals surface area (Å²) in [6, 6.07) is 0. The molecule has 0 saturated heterocycles. The lowest BCUT2D eigenvalue weighted by atomic mass is 10.3. The van der Waals surface area contributed by atoms with Crippen molar-refractivity contribution in [2.75, 3.05) is 0 Å². The first-order valence-corrected chi connectivity index (χ1v) is 5.00. The number of aliphatic carboxylic acids is 4. The van der Waals surface area contributed by atoms with Gasteiger partial charge in [-0.3, -0.25) is 14.4 Å². The monoisotopic (exact) mass is 296 g/mol. The Kier molecular flexibility index (Phi) is 14.7. The van der Waals surface area contributed by atoms with Crippen molar-refractivity contribution in [3.8, 4) is 0 Å². The van der Waals surface area contributed by atoms with E-state index in [1.165, 1.54) is 6.92 Å². The summed E-state index contributed by atoms with van der Waals surface area (Å²) in [5.74, 6) is -5.54. The fourth-order valence-electron chi connectivity index (χ4n) is 0.214. The summed E-state index contributed by atoms with van der Waals surface area (Å²) in [4.78, 5) is 47.6. The van der Waals surface area contributed by atoms with Crippen LogP contribution in [0, 0.1) is 0 Å². The van der Waals surface area contributed by atoms with Gasteiger partial charge in [-0.25, -0.2) is 9.59 Å². The number of carboxylic acids is 4. The van der Waals surface area contributed by atoms with Gasteiger partial charge in [0, 0.05) is 6.92 Å². The number of ketones is 1. The van der Waals surface area contributed by atoms with Crippen molar-refractivity contribution in [2.24, 2.45) is 0 Å². The third-order valence-electron chi connectivity index (χ3n) is 1.21. The predicted octanol–water partition coefficient (Wildman–Crippen LogP) is -0.952. The van der Waals surface area contributed by atoms with Gasteiger partial charge in [0.15, 0.2) is 0 Å². The standard InChI is InChI=1S/C4H6O4.C3H6O3.C3H4O3/c5-3(6)1-2-4(7)8;2*1-2(4)3(5)6/h1-2H2,(H,5,6)(H,7,8);2,4H,1H3,(H,5,6);1H3,(H,5,6). The van der Waals surface area contributed by atoms with Crippen LogP contribution in [0.1, 0.15) is 26.7 Å². The van der Waals surface area contributed by atoms with E-state index in [9.17, 15) is 24.0 Å². The molecule has 0 aromatic carbocycles. The zero-order valence-corrected chi connectivity index (χ0v) is 10.8. The normalized spacial score (nSPS) is 9.75. The van der Waals surface area contributed by atoms with Crippen LogP contribution in [-0.4, -0.2) is 61.3 Å². The van der Waals surface area contributed by atoms with Gasteiger partial charge >= 0.3 is 23.9 Å². The van der Waals surface area contributed by atoms with Gasteiger partial charge in [-0.1, -0.05) is 0 Å². The first-order chi connectivity index (χ1) is 8.91. The van der Waals surface area contributed by atoms with Gasteiger partial charge in [-0.2, -0.15) is 0 Å². The van der Waals surface area contributed by atoms with E-state index >= 15 is 0 Å². The van der Waals surface area contributed by atoms with Gasteiger partial charge in [-0.15, -0.1) is 0 Å². The fourth-order valence-corrected chi connectivity index (χ4v) is 0.214. The minimum atomic E-state index is -1.38. The van der Waals surface area contributed by atoms with E-state index in [0.29, 0.717) is 0 Å². The molecule has 5 N–H and O–H groups in total. The van der Waals surface area contributed by atoms with Crippen molar-refractivity contribution >= 4 is 29.7 Å². The van der Waals surface area contributed by atoms with E-state index in [1.54, 1.807) is 0 Å². The van der Waals surface area contributed by atoms with Gasteiger partial charge in [0.25, 0.3) is 0 Å². The average molecular weight is 296 g/mol. The highest BCUT2D eigenvalue weighted by atomic mass is 16.4. The molecule has 20 heavy (non-hydrogen) atoms. The molecule has 0 rings (SSSR count). The summed E-state index contributed by atoms with van der Waals surface area (Å²) in [6.07, 6.45) is -1.82. The largest absolute Gasteiger partial charge is 0.481 e. The summed E-state index contributed by atoms with van der Waals surface area (Å²) in [6.45, 7) is 2.20. The molecule has 0 spiro atoms. The smallest absolute Gasteiger partial charge is 0.371 e. The molecular formula is C10H16O10. The Balaban J connectivity index is -0.000000221. The second kappa shape index (κ2) is 13.0. The molecule has 0 heterocycles. The van der Waals surface area contributed by atoms with E-state index in [2.05, 4.69) is 0 Å². The van der Waals surface area contributed by atoms with Gasteiger partial charge in [0.2, 0.25) is 5.78 Å². The molecule has 0 aliphatic heterocycles. The van der Waals surface area contributed by atoms with Crippen molar-refractivity contribution in [1.82, 2.24) is 0 Å². The molecule has 0 aromatic rings. The zero-order valence-electron chi connectivity index (χ0n) is 10.8. The topological polar surface area (TPSA) is 186 Å². The van der Waals surface area contributed by atoms with Gasteiger partial charge in [-0.05, 0) is 6.92 Å². The minimum Gasteiger partial charge on any atom is -0.481 e. The molecule has 0 aliphatic carbocycles. The summed E-state index contributed by atoms with van der Waals surface area (Å²) in [7, 11) is 0. The van der Waals surface area contributed by atoms with Crippen molar-refractivity contribution in [1.29, 1.82) is 0 Å². The number of rotatable bonds is 5. The number of carbonyl (C=O) groups is 5. The Morgan fingerprint density at radius 3 is 1.10 bits per heavy atom. The lowest BCUT2D eigenvalue weighted by molar-refractivity contribution is -0.148. The molecule has 0 saturated carbocycles. The van der Waals surface area contributed by atoms with Gasteiger partial charge in [0.1, 0.15) is 6.10 Å². The molecular weight excluding hydrogens is 280 g/mol. The predicted molar refractivity (Wildman–Crippen MR) is 62.1 cm³/mol. The van der Waals surface area contributed by atoms with E-state index in [-0.39, 0.29) is 12.8 Å². The number of Topliss-reactive ketones (excluding diaryl/α,β-unsaturated/α-hetero) is 1. The van der Waals surface area contributed by atoms with Crippen LogP contribution in [0.3, 0.4) is 0 Å². The van der Waals surface area contributed by atoms with E-state index in [4.69, 9.17) is 25.5 Å². The molecule has 0 aliphatic rings. The Labute approximate surface area is 113 Å². The molecule has 0 radical (unpaired) electrons. The maximum absolute atomic E-state index is 9.64. The van der Waals surface area contributed by atoms with Gasteiger partial charge < -0.3 is 25.5 Å². The first kappa shape index (κ1) is 22.7. The lowest BCUT2D eigenvalue weighted by Crippen LogP contribution is -2.13. The van der Waals surface area contributed by atoms with Crippen molar-refractivity contribution in [3.63, 3.8) is 0 Å². The average Bonchev–Trinajstić information content (AvgIpc) is 2.27. The SMILES string of the molecule is CC(=O)C(=O)O.CC(O)C(=O)O.O=C(O)CCC(=O)O. The van der Waals surface area contributed by atoms with Crippen LogP contribution in [0.2, 0.25) is 0 Å². The maximum Gasteiger partial charge on any atom is 0.371 e. The summed E-state index contributed by atoms with van der Waals surface area (Å²) in [5.41, 5.74) is 0. The molecule has 1 atom stereocenters. The number of hydrogen-bond acceptors (Lipinski definition) is 6. The second-order valence-electron chi connectivity index (χ2n) is 3.16. The molecule has 1 unspecified atom stereocenters. The number of hydrogen-bond donors (Lipinski definition) is 5. The molecule has 10 nitrogen and oxygen atoms in total. The molecule has 0 aromatic heterocycles. The summed E-state index contributed by atoms with van der Waals surface area (Å²) >= 11 is 0. The van der Waals surface area contributed by atoms with Crippen LogP contribution in [0.5, 0.6) is 0 Å². The van der Waals surface area contributed by atoms with E-state index < -0.39 is 35.8 Å². The highest BCUT2D eigenvalue weighted by Gasteiger charge is 2.01. The lowest BCUT2D eigenvalue weighted by Gasteiger charge is -1.89. The Hall–Kier alpha value is -2.49. The fraction of sp³-hybridized carbons (Fsp3) is 0.500. The van der Waals surface area contributed by atoms with E-state index in [0.717, 1.165) is 6.92 Å². The van der Waals surface area contributed by atoms with E-state index in [1.807, 2.05) is 0 Å². The van der Waals surface area contributed by atoms with Crippen LogP contribution in [0.4, 0.5) is 0 Å². The van der Waals surface area contributed by atoms with Crippen LogP contribution in [0.25, 0.3) is 0 Å². The summed E-state index contributed by atoms with van der Waals surface area (Å²) < 4.78 is 0. The quantitative estimate of drug-likeness (QED) is 0.395. The third kappa shape index (κ3) is 29.6. The molecule has 116 valence electrons. The highest BCUT2D eigenvalue weighted by Crippen LogP contribution is 1.86. The van der Waals surface area contributed by atoms with Crippen LogP contribution in [-0.2, 0) is 24.0 Å². The van der Waals surface area contributed by atoms with Crippen molar-refractivity contribution in [3.05, 3.63) is 0 Å². The van der Waals surface area contributed by atoms with Crippen LogP contribution < -0.4 is 0 Å². The van der Waals surface area contributed by atoms with Crippen LogP contribution in [0.15, 0.2) is 0 Å². The molecule has 0 fully saturated rings. The number of aliphatic hydroxyl groups is 1. The Bertz CT molecular complexity index is 331. The minimum absolute atomic E-state index is 0.296. The molecule has 0 bridgehead atoms. The molecule has 10 heteroatoms. The number of aliphatic hydroxyl groups excluding tert-OH is 1. The van der Waals surface area contributed by atoms with Crippen LogP contribution >= 0.6 is 0 Å². The Morgan fingerprint density at radius 1 is 0.850 bits per heavy atom. The third-order valence-corrected chi connectivity index (χ3v) is 1.21.